The highest BCUT2D eigenvalue weighted by molar-refractivity contribution is 6.03. The van der Waals surface area contributed by atoms with Crippen LogP contribution in [-0.2, 0) is 32.1 Å². The Labute approximate surface area is 296 Å². The van der Waals surface area contributed by atoms with Crippen LogP contribution >= 0.6 is 0 Å². The molecular weight excluding hydrogens is 695 g/mol. The largest absolute Gasteiger partial charge is 0.480 e. The molecule has 2 saturated heterocycles. The normalized spacial score (nSPS) is 23.5. The molecule has 3 aliphatic rings. The van der Waals surface area contributed by atoms with Gasteiger partial charge in [-0.2, -0.15) is 18.3 Å². The first-order valence-corrected chi connectivity index (χ1v) is 17.3. The van der Waals surface area contributed by atoms with Gasteiger partial charge < -0.3 is 30.1 Å². The molecule has 2 amide bonds. The monoisotopic (exact) mass is 736 g/mol. The Balaban J connectivity index is 1.38. The van der Waals surface area contributed by atoms with Gasteiger partial charge >= 0.3 is 18.2 Å². The van der Waals surface area contributed by atoms with Gasteiger partial charge in [0.15, 0.2) is 11.1 Å². The standard InChI is InChI=1S/C35H41F5N6O6/c1-45(24-9-13-51-14-10-24)27-15-28-42-26(19-46(28)44-25(27)17-33(31(48)49)16-23(35(38,39)40)18-41-30(33)47)29(22-7-11-34(36,37)12-8-22)43-32(50)52-20-21-5-3-2-4-6-21/h2-6,15,19,22-24,29H,7-14,16-18,20H2,1H3,(H,41,47)(H,43,50)(H,48,49)/t23-,29+,33?/m1/s1. The quantitative estimate of drug-likeness (QED) is 0.183. The average Bonchev–Trinajstić information content (AvgIpc) is 3.53. The molecule has 1 aliphatic carbocycles. The molecule has 1 unspecified atom stereocenters. The van der Waals surface area contributed by atoms with Crippen molar-refractivity contribution >= 4 is 29.3 Å². The minimum atomic E-state index is -4.75. The number of hydrogen-bond donors (Lipinski definition) is 3. The summed E-state index contributed by atoms with van der Waals surface area (Å²) < 4.78 is 82.4. The number of imidazole rings is 1. The van der Waals surface area contributed by atoms with Crippen LogP contribution in [0.3, 0.4) is 0 Å². The van der Waals surface area contributed by atoms with E-state index in [4.69, 9.17) is 14.5 Å². The molecule has 2 aromatic heterocycles. The fourth-order valence-electron chi connectivity index (χ4n) is 7.44. The Morgan fingerprint density at radius 3 is 2.50 bits per heavy atom. The second-order valence-electron chi connectivity index (χ2n) is 14.0. The van der Waals surface area contributed by atoms with E-state index in [1.165, 1.54) is 10.7 Å². The number of aromatic nitrogens is 3. The molecule has 2 aliphatic heterocycles. The van der Waals surface area contributed by atoms with E-state index in [2.05, 4.69) is 15.7 Å². The molecule has 0 bridgehead atoms. The Morgan fingerprint density at radius 2 is 1.85 bits per heavy atom. The number of ether oxygens (including phenoxy) is 2. The number of anilines is 1. The number of rotatable bonds is 10. The van der Waals surface area contributed by atoms with E-state index >= 15 is 0 Å². The zero-order valence-corrected chi connectivity index (χ0v) is 28.5. The number of nitrogens with one attached hydrogen (secondary N) is 2. The van der Waals surface area contributed by atoms with E-state index in [-0.39, 0.29) is 55.4 Å². The van der Waals surface area contributed by atoms with Gasteiger partial charge in [0.2, 0.25) is 11.8 Å². The van der Waals surface area contributed by atoms with Crippen molar-refractivity contribution in [1.82, 2.24) is 25.2 Å². The summed E-state index contributed by atoms with van der Waals surface area (Å²) >= 11 is 0. The van der Waals surface area contributed by atoms with Crippen LogP contribution in [0.1, 0.15) is 67.9 Å². The Bertz CT molecular complexity index is 1760. The van der Waals surface area contributed by atoms with Gasteiger partial charge in [0.05, 0.1) is 35.2 Å². The first-order chi connectivity index (χ1) is 24.6. The molecule has 17 heteroatoms. The SMILES string of the molecule is CN(c1cc2nc([C@@H](NC(=O)OCc3ccccc3)C3CCC(F)(F)CC3)cn2nc1CC1(C(=O)O)C[C@@H](C(F)(F)F)CNC1=O)C1CCOCC1. The highest BCUT2D eigenvalue weighted by Gasteiger charge is 2.56. The van der Waals surface area contributed by atoms with E-state index in [0.717, 1.165) is 5.56 Å². The maximum Gasteiger partial charge on any atom is 0.408 e. The lowest BCUT2D eigenvalue weighted by atomic mass is 9.72. The first-order valence-electron chi connectivity index (χ1n) is 17.3. The number of halogens is 5. The molecule has 3 atom stereocenters. The van der Waals surface area contributed by atoms with Gasteiger partial charge in [-0.05, 0) is 43.6 Å². The molecule has 4 heterocycles. The van der Waals surface area contributed by atoms with Crippen LogP contribution in [0.2, 0.25) is 0 Å². The van der Waals surface area contributed by atoms with Crippen molar-refractivity contribution in [2.75, 3.05) is 31.7 Å². The van der Waals surface area contributed by atoms with Crippen molar-refractivity contribution in [2.45, 2.75) is 82.2 Å². The summed E-state index contributed by atoms with van der Waals surface area (Å²) in [6, 6.07) is 9.60. The Morgan fingerprint density at radius 1 is 1.15 bits per heavy atom. The van der Waals surface area contributed by atoms with Gasteiger partial charge in [-0.1, -0.05) is 30.3 Å². The third kappa shape index (κ3) is 8.08. The number of nitrogens with zero attached hydrogens (tertiary/aromatic N) is 4. The van der Waals surface area contributed by atoms with Crippen LogP contribution in [0, 0.1) is 17.3 Å². The number of piperidine rings is 1. The van der Waals surface area contributed by atoms with Gasteiger partial charge in [0.25, 0.3) is 0 Å². The maximum absolute atomic E-state index is 14.2. The number of carboxylic acids is 1. The molecule has 0 radical (unpaired) electrons. The number of hydrogen-bond acceptors (Lipinski definition) is 8. The molecule has 1 aromatic carbocycles. The second-order valence-corrected chi connectivity index (χ2v) is 14.0. The smallest absolute Gasteiger partial charge is 0.408 e. The van der Waals surface area contributed by atoms with Crippen LogP contribution in [-0.4, -0.2) is 82.6 Å². The fourth-order valence-corrected chi connectivity index (χ4v) is 7.44. The molecule has 3 fully saturated rings. The van der Waals surface area contributed by atoms with Crippen LogP contribution in [0.5, 0.6) is 0 Å². The number of carboxylic acid groups (broad SMARTS) is 1. The van der Waals surface area contributed by atoms with E-state index in [0.29, 0.717) is 31.7 Å². The highest BCUT2D eigenvalue weighted by atomic mass is 19.4. The van der Waals surface area contributed by atoms with Gasteiger partial charge in [0.1, 0.15) is 6.61 Å². The van der Waals surface area contributed by atoms with Crippen molar-refractivity contribution in [3.8, 4) is 0 Å². The summed E-state index contributed by atoms with van der Waals surface area (Å²) in [5, 5.41) is 20.0. The lowest BCUT2D eigenvalue weighted by Gasteiger charge is -2.38. The third-order valence-electron chi connectivity index (χ3n) is 10.6. The zero-order valence-electron chi connectivity index (χ0n) is 28.5. The summed E-state index contributed by atoms with van der Waals surface area (Å²) in [7, 11) is 1.75. The van der Waals surface area contributed by atoms with Crippen LogP contribution in [0.15, 0.2) is 42.6 Å². The summed E-state index contributed by atoms with van der Waals surface area (Å²) in [4.78, 5) is 45.6. The van der Waals surface area contributed by atoms with Crippen LogP contribution in [0.4, 0.5) is 32.4 Å². The molecule has 12 nitrogen and oxygen atoms in total. The van der Waals surface area contributed by atoms with Crippen LogP contribution in [0.25, 0.3) is 5.65 Å². The first kappa shape index (κ1) is 37.2. The van der Waals surface area contributed by atoms with Crippen molar-refractivity contribution in [3.63, 3.8) is 0 Å². The van der Waals surface area contributed by atoms with Gasteiger partial charge in [0, 0.05) is 58.2 Å². The Kier molecular flexibility index (Phi) is 10.6. The number of fused-ring (bicyclic) bond motifs is 1. The topological polar surface area (TPSA) is 147 Å². The lowest BCUT2D eigenvalue weighted by molar-refractivity contribution is -0.194. The highest BCUT2D eigenvalue weighted by Crippen LogP contribution is 2.44. The van der Waals surface area contributed by atoms with Crippen molar-refractivity contribution in [3.05, 3.63) is 59.5 Å². The molecule has 6 rings (SSSR count). The van der Waals surface area contributed by atoms with Crippen molar-refractivity contribution in [1.29, 1.82) is 0 Å². The molecular formula is C35H41F5N6O6. The average molecular weight is 737 g/mol. The molecule has 3 N–H and O–H groups in total. The molecule has 3 aromatic rings. The zero-order chi connectivity index (χ0) is 37.3. The molecule has 52 heavy (non-hydrogen) atoms. The number of amides is 2. The summed E-state index contributed by atoms with van der Waals surface area (Å²) in [6.07, 6.45) is -5.10. The van der Waals surface area contributed by atoms with Crippen molar-refractivity contribution in [2.24, 2.45) is 17.3 Å². The number of alkyl halides is 5. The van der Waals surface area contributed by atoms with Crippen LogP contribution < -0.4 is 15.5 Å². The number of benzene rings is 1. The molecule has 282 valence electrons. The van der Waals surface area contributed by atoms with Gasteiger partial charge in [-0.15, -0.1) is 0 Å². The summed E-state index contributed by atoms with van der Waals surface area (Å²) in [5.74, 6) is -8.12. The predicted molar refractivity (Wildman–Crippen MR) is 176 cm³/mol. The van der Waals surface area contributed by atoms with E-state index in [1.807, 2.05) is 11.0 Å². The minimum Gasteiger partial charge on any atom is -0.480 e. The molecule has 0 spiro atoms. The molecule has 1 saturated carbocycles. The number of carbonyl (C=O) groups is 3. The summed E-state index contributed by atoms with van der Waals surface area (Å²) in [6.45, 7) is 0.139. The maximum atomic E-state index is 14.2. The van der Waals surface area contributed by atoms with Gasteiger partial charge in [-0.3, -0.25) is 9.59 Å². The lowest BCUT2D eigenvalue weighted by Crippen LogP contribution is -2.57. The number of alkyl carbamates (subject to hydrolysis) is 1. The minimum absolute atomic E-state index is 0.0335. The Hall–Kier alpha value is -4.54. The van der Waals surface area contributed by atoms with E-state index in [1.54, 1.807) is 37.4 Å². The number of carbonyl (C=O) groups excluding carboxylic acids is 2. The van der Waals surface area contributed by atoms with Crippen molar-refractivity contribution < 1.29 is 50.9 Å². The fraction of sp³-hybridized carbons (Fsp3) is 0.571. The van der Waals surface area contributed by atoms with E-state index < -0.39 is 72.7 Å². The number of aliphatic carboxylic acids is 1. The second kappa shape index (κ2) is 14.8. The van der Waals surface area contributed by atoms with E-state index in [9.17, 15) is 41.4 Å². The summed E-state index contributed by atoms with van der Waals surface area (Å²) in [5.41, 5.74) is -0.795. The van der Waals surface area contributed by atoms with Gasteiger partial charge in [-0.25, -0.2) is 23.1 Å². The predicted octanol–water partition coefficient (Wildman–Crippen LogP) is 5.45. The third-order valence-corrected chi connectivity index (χ3v) is 10.6.